The summed E-state index contributed by atoms with van der Waals surface area (Å²) >= 11 is 4.62. The Kier molecular flexibility index (Phi) is 6.47. The SMILES string of the molecule is CSc1nc(N2CCCC2)c2cnn(CCNC(=O)CSc3nc4ccccc4s3)c2n1. The molecule has 4 aromatic rings. The van der Waals surface area contributed by atoms with Crippen molar-refractivity contribution in [2.24, 2.45) is 0 Å². The molecule has 1 aliphatic rings. The first-order valence-electron chi connectivity index (χ1n) is 10.5. The molecule has 0 bridgehead atoms. The van der Waals surface area contributed by atoms with E-state index in [1.807, 2.05) is 41.4 Å². The standard InChI is InChI=1S/C21H23N7OS3/c1-30-20-25-18(27-9-4-5-10-27)14-12-23-28(19(14)26-20)11-8-22-17(29)13-31-21-24-15-6-2-3-7-16(15)32-21/h2-3,6-7,12H,4-5,8-11,13H2,1H3,(H,22,29). The molecule has 32 heavy (non-hydrogen) atoms. The van der Waals surface area contributed by atoms with Crippen LogP contribution in [0.25, 0.3) is 21.3 Å². The maximum absolute atomic E-state index is 12.3. The lowest BCUT2D eigenvalue weighted by atomic mass is 10.3. The van der Waals surface area contributed by atoms with Crippen LogP contribution in [0.2, 0.25) is 0 Å². The molecule has 0 aliphatic carbocycles. The van der Waals surface area contributed by atoms with Crippen LogP contribution in [0.15, 0.2) is 40.0 Å². The molecule has 1 N–H and O–H groups in total. The average Bonchev–Trinajstić information content (AvgIpc) is 3.56. The third kappa shape index (κ3) is 4.55. The quantitative estimate of drug-likeness (QED) is 0.299. The van der Waals surface area contributed by atoms with Crippen LogP contribution in [0, 0.1) is 0 Å². The number of carbonyl (C=O) groups is 1. The van der Waals surface area contributed by atoms with Gasteiger partial charge in [-0.1, -0.05) is 35.7 Å². The highest BCUT2D eigenvalue weighted by atomic mass is 32.2. The molecule has 3 aromatic heterocycles. The zero-order chi connectivity index (χ0) is 21.9. The van der Waals surface area contributed by atoms with Crippen molar-refractivity contribution in [2.75, 3.05) is 36.5 Å². The van der Waals surface area contributed by atoms with Crippen molar-refractivity contribution in [3.05, 3.63) is 30.5 Å². The van der Waals surface area contributed by atoms with Gasteiger partial charge in [0, 0.05) is 19.6 Å². The molecule has 1 aromatic carbocycles. The van der Waals surface area contributed by atoms with Crippen LogP contribution in [0.5, 0.6) is 0 Å². The van der Waals surface area contributed by atoms with Gasteiger partial charge in [-0.2, -0.15) is 5.10 Å². The number of hydrogen-bond acceptors (Lipinski definition) is 9. The van der Waals surface area contributed by atoms with E-state index in [0.717, 1.165) is 49.7 Å². The monoisotopic (exact) mass is 485 g/mol. The number of benzene rings is 1. The van der Waals surface area contributed by atoms with Crippen LogP contribution in [-0.2, 0) is 11.3 Å². The molecule has 1 aliphatic heterocycles. The van der Waals surface area contributed by atoms with Crippen molar-refractivity contribution in [2.45, 2.75) is 28.9 Å². The number of amides is 1. The maximum Gasteiger partial charge on any atom is 0.230 e. The van der Waals surface area contributed by atoms with Crippen LogP contribution in [0.3, 0.4) is 0 Å². The summed E-state index contributed by atoms with van der Waals surface area (Å²) in [6.45, 7) is 3.10. The average molecular weight is 486 g/mol. The Morgan fingerprint density at radius 3 is 2.84 bits per heavy atom. The van der Waals surface area contributed by atoms with E-state index in [-0.39, 0.29) is 5.91 Å². The molecular formula is C21H23N7OS3. The molecule has 5 rings (SSSR count). The predicted molar refractivity (Wildman–Crippen MR) is 132 cm³/mol. The Morgan fingerprint density at radius 2 is 2.03 bits per heavy atom. The van der Waals surface area contributed by atoms with E-state index in [1.165, 1.54) is 36.4 Å². The van der Waals surface area contributed by atoms with E-state index in [4.69, 9.17) is 4.98 Å². The molecule has 1 saturated heterocycles. The Hall–Kier alpha value is -2.37. The minimum atomic E-state index is -0.0112. The Morgan fingerprint density at radius 1 is 1.19 bits per heavy atom. The van der Waals surface area contributed by atoms with E-state index in [0.29, 0.717) is 18.8 Å². The zero-order valence-corrected chi connectivity index (χ0v) is 20.1. The van der Waals surface area contributed by atoms with Gasteiger partial charge in [-0.3, -0.25) is 4.79 Å². The van der Waals surface area contributed by atoms with Crippen molar-refractivity contribution < 1.29 is 4.79 Å². The van der Waals surface area contributed by atoms with Gasteiger partial charge in [0.1, 0.15) is 5.82 Å². The zero-order valence-electron chi connectivity index (χ0n) is 17.7. The lowest BCUT2D eigenvalue weighted by Gasteiger charge is -2.17. The normalized spacial score (nSPS) is 14.0. The summed E-state index contributed by atoms with van der Waals surface area (Å²) in [4.78, 5) is 28.6. The first-order chi connectivity index (χ1) is 15.7. The third-order valence-corrected chi connectivity index (χ3v) is 8.02. The third-order valence-electron chi connectivity index (χ3n) is 5.29. The lowest BCUT2D eigenvalue weighted by Crippen LogP contribution is -2.29. The number of para-hydroxylation sites is 1. The number of thiazole rings is 1. The van der Waals surface area contributed by atoms with Gasteiger partial charge >= 0.3 is 0 Å². The van der Waals surface area contributed by atoms with Gasteiger partial charge in [0.2, 0.25) is 5.91 Å². The minimum absolute atomic E-state index is 0.0112. The molecule has 0 atom stereocenters. The number of carbonyl (C=O) groups excluding carboxylic acids is 1. The van der Waals surface area contributed by atoms with Crippen LogP contribution in [0.1, 0.15) is 12.8 Å². The van der Waals surface area contributed by atoms with Gasteiger partial charge < -0.3 is 10.2 Å². The second-order valence-corrected chi connectivity index (χ2v) is 10.4. The molecule has 0 saturated carbocycles. The van der Waals surface area contributed by atoms with Crippen molar-refractivity contribution in [1.29, 1.82) is 0 Å². The van der Waals surface area contributed by atoms with Gasteiger partial charge in [-0.25, -0.2) is 19.6 Å². The highest BCUT2D eigenvalue weighted by Crippen LogP contribution is 2.30. The number of aromatic nitrogens is 5. The second kappa shape index (κ2) is 9.63. The van der Waals surface area contributed by atoms with Gasteiger partial charge in [0.15, 0.2) is 15.1 Å². The molecular weight excluding hydrogens is 462 g/mol. The molecule has 4 heterocycles. The Labute approximate surface area is 198 Å². The number of nitrogens with one attached hydrogen (secondary N) is 1. The second-order valence-electron chi connectivity index (χ2n) is 7.42. The van der Waals surface area contributed by atoms with Gasteiger partial charge in [-0.15, -0.1) is 11.3 Å². The van der Waals surface area contributed by atoms with Gasteiger partial charge in [0.05, 0.1) is 34.1 Å². The fourth-order valence-corrected chi connectivity index (χ4v) is 5.99. The van der Waals surface area contributed by atoms with E-state index in [1.54, 1.807) is 11.3 Å². The number of thioether (sulfide) groups is 2. The first kappa shape index (κ1) is 21.5. The largest absolute Gasteiger partial charge is 0.356 e. The smallest absolute Gasteiger partial charge is 0.230 e. The predicted octanol–water partition coefficient (Wildman–Crippen LogP) is 3.67. The highest BCUT2D eigenvalue weighted by molar-refractivity contribution is 8.01. The van der Waals surface area contributed by atoms with Crippen LogP contribution in [-0.4, -0.2) is 62.3 Å². The summed E-state index contributed by atoms with van der Waals surface area (Å²) in [5, 5.41) is 9.24. The fraction of sp³-hybridized carbons (Fsp3) is 0.381. The first-order valence-corrected chi connectivity index (χ1v) is 13.5. The molecule has 1 fully saturated rings. The molecule has 0 spiro atoms. The molecule has 0 radical (unpaired) electrons. The van der Waals surface area contributed by atoms with Crippen LogP contribution < -0.4 is 10.2 Å². The molecule has 166 valence electrons. The number of hydrogen-bond donors (Lipinski definition) is 1. The van der Waals surface area contributed by atoms with Crippen molar-refractivity contribution >= 4 is 67.8 Å². The number of nitrogens with zero attached hydrogens (tertiary/aromatic N) is 6. The Bertz CT molecular complexity index is 1220. The summed E-state index contributed by atoms with van der Waals surface area (Å²) in [6, 6.07) is 8.02. The number of rotatable bonds is 8. The molecule has 8 nitrogen and oxygen atoms in total. The summed E-state index contributed by atoms with van der Waals surface area (Å²) in [7, 11) is 0. The number of fused-ring (bicyclic) bond motifs is 2. The van der Waals surface area contributed by atoms with E-state index < -0.39 is 0 Å². The summed E-state index contributed by atoms with van der Waals surface area (Å²) in [5.74, 6) is 1.31. The maximum atomic E-state index is 12.3. The fourth-order valence-electron chi connectivity index (χ4n) is 3.74. The molecule has 11 heteroatoms. The van der Waals surface area contributed by atoms with Crippen molar-refractivity contribution in [3.63, 3.8) is 0 Å². The summed E-state index contributed by atoms with van der Waals surface area (Å²) < 4.78 is 3.91. The van der Waals surface area contributed by atoms with Gasteiger partial charge in [0.25, 0.3) is 0 Å². The van der Waals surface area contributed by atoms with E-state index >= 15 is 0 Å². The van der Waals surface area contributed by atoms with Crippen molar-refractivity contribution in [3.8, 4) is 0 Å². The van der Waals surface area contributed by atoms with Gasteiger partial charge in [-0.05, 0) is 31.2 Å². The van der Waals surface area contributed by atoms with E-state index in [9.17, 15) is 4.79 Å². The molecule has 1 amide bonds. The van der Waals surface area contributed by atoms with Crippen LogP contribution in [0.4, 0.5) is 5.82 Å². The topological polar surface area (TPSA) is 88.8 Å². The number of anilines is 1. The van der Waals surface area contributed by atoms with Crippen LogP contribution >= 0.6 is 34.9 Å². The summed E-state index contributed by atoms with van der Waals surface area (Å²) in [6.07, 6.45) is 6.21. The minimum Gasteiger partial charge on any atom is -0.356 e. The highest BCUT2D eigenvalue weighted by Gasteiger charge is 2.20. The Balaban J connectivity index is 1.20. The molecule has 0 unspecified atom stereocenters. The summed E-state index contributed by atoms with van der Waals surface area (Å²) in [5.41, 5.74) is 1.80. The van der Waals surface area contributed by atoms with E-state index in [2.05, 4.69) is 25.3 Å². The van der Waals surface area contributed by atoms with Crippen molar-refractivity contribution in [1.82, 2.24) is 30.0 Å². The lowest BCUT2D eigenvalue weighted by molar-refractivity contribution is -0.118.